The third-order valence-electron chi connectivity index (χ3n) is 4.47. The van der Waals surface area contributed by atoms with E-state index in [2.05, 4.69) is 17.4 Å². The van der Waals surface area contributed by atoms with Crippen LogP contribution in [0.15, 0.2) is 54.6 Å². The average molecular weight is 317 g/mol. The van der Waals surface area contributed by atoms with Crippen molar-refractivity contribution in [2.45, 2.75) is 13.0 Å². The maximum Gasteiger partial charge on any atom is 0.325 e. The first-order chi connectivity index (χ1) is 11.6. The maximum atomic E-state index is 12.6. The van der Waals surface area contributed by atoms with Gasteiger partial charge in [0.15, 0.2) is 0 Å². The number of carbonyl (C=O) groups excluding carboxylic acids is 1. The van der Waals surface area contributed by atoms with Gasteiger partial charge in [0.2, 0.25) is 0 Å². The Balaban J connectivity index is 2.02. The molecule has 118 valence electrons. The van der Waals surface area contributed by atoms with Gasteiger partial charge in [-0.25, -0.2) is 0 Å². The van der Waals surface area contributed by atoms with Gasteiger partial charge in [0.25, 0.3) is 5.91 Å². The van der Waals surface area contributed by atoms with Gasteiger partial charge in [-0.15, -0.1) is 0 Å². The molecule has 0 radical (unpaired) electrons. The second-order valence-corrected chi connectivity index (χ2v) is 6.01. The Morgan fingerprint density at radius 1 is 0.917 bits per heavy atom. The molecule has 1 amide bonds. The quantitative estimate of drug-likeness (QED) is 0.565. The largest absolute Gasteiger partial charge is 0.480 e. The van der Waals surface area contributed by atoms with Crippen LogP contribution in [0.2, 0.25) is 0 Å². The standard InChI is InChI=1S/C20H15NO3/c1-11(20(23)24)21-19(22)16-10-14-6-2-4-12-8-9-13-5-3-7-15(16)18(13)17(12)14/h2-11H,1H3,(H,21,22)(H,23,24)/t11-/m0/s1. The van der Waals surface area contributed by atoms with Crippen molar-refractivity contribution in [3.8, 4) is 0 Å². The third-order valence-corrected chi connectivity index (χ3v) is 4.47. The van der Waals surface area contributed by atoms with Gasteiger partial charge in [-0.2, -0.15) is 0 Å². The molecule has 2 N–H and O–H groups in total. The van der Waals surface area contributed by atoms with Crippen LogP contribution in [0.25, 0.3) is 32.3 Å². The normalized spacial score (nSPS) is 12.7. The van der Waals surface area contributed by atoms with Gasteiger partial charge in [0.1, 0.15) is 6.04 Å². The molecule has 4 aromatic rings. The number of amides is 1. The number of rotatable bonds is 3. The van der Waals surface area contributed by atoms with Crippen LogP contribution in [0.1, 0.15) is 17.3 Å². The van der Waals surface area contributed by atoms with E-state index in [9.17, 15) is 9.59 Å². The van der Waals surface area contributed by atoms with E-state index in [-0.39, 0.29) is 5.91 Å². The van der Waals surface area contributed by atoms with Gasteiger partial charge in [0, 0.05) is 5.56 Å². The van der Waals surface area contributed by atoms with E-state index in [0.717, 1.165) is 32.3 Å². The molecule has 0 aliphatic heterocycles. The minimum absolute atomic E-state index is 0.371. The van der Waals surface area contributed by atoms with Crippen LogP contribution in [-0.4, -0.2) is 23.0 Å². The number of aliphatic carboxylic acids is 1. The molecule has 0 aromatic heterocycles. The molecule has 0 saturated heterocycles. The van der Waals surface area contributed by atoms with Crippen LogP contribution >= 0.6 is 0 Å². The Bertz CT molecular complexity index is 1100. The summed E-state index contributed by atoms with van der Waals surface area (Å²) >= 11 is 0. The molecular formula is C20H15NO3. The zero-order chi connectivity index (χ0) is 16.8. The summed E-state index contributed by atoms with van der Waals surface area (Å²) in [6, 6.07) is 16.9. The van der Waals surface area contributed by atoms with Crippen molar-refractivity contribution in [1.82, 2.24) is 5.32 Å². The Morgan fingerprint density at radius 3 is 2.25 bits per heavy atom. The molecule has 4 nitrogen and oxygen atoms in total. The van der Waals surface area contributed by atoms with E-state index in [1.54, 1.807) is 0 Å². The smallest absolute Gasteiger partial charge is 0.325 e. The highest BCUT2D eigenvalue weighted by Gasteiger charge is 2.19. The molecular weight excluding hydrogens is 302 g/mol. The van der Waals surface area contributed by atoms with Gasteiger partial charge in [-0.1, -0.05) is 48.5 Å². The van der Waals surface area contributed by atoms with Crippen LogP contribution in [0.4, 0.5) is 0 Å². The van der Waals surface area contributed by atoms with E-state index < -0.39 is 12.0 Å². The number of carbonyl (C=O) groups is 2. The van der Waals surface area contributed by atoms with Gasteiger partial charge in [0.05, 0.1) is 0 Å². The first-order valence-electron chi connectivity index (χ1n) is 7.76. The molecule has 4 heteroatoms. The van der Waals surface area contributed by atoms with Crippen LogP contribution < -0.4 is 5.32 Å². The summed E-state index contributed by atoms with van der Waals surface area (Å²) in [5.41, 5.74) is 0.500. The van der Waals surface area contributed by atoms with E-state index in [0.29, 0.717) is 5.56 Å². The molecule has 0 aliphatic carbocycles. The Labute approximate surface area is 138 Å². The summed E-state index contributed by atoms with van der Waals surface area (Å²) in [6.45, 7) is 1.46. The summed E-state index contributed by atoms with van der Waals surface area (Å²) in [5.74, 6) is -1.43. The van der Waals surface area contributed by atoms with E-state index in [4.69, 9.17) is 5.11 Å². The van der Waals surface area contributed by atoms with Gasteiger partial charge in [-0.3, -0.25) is 9.59 Å². The van der Waals surface area contributed by atoms with Crippen molar-refractivity contribution in [2.75, 3.05) is 0 Å². The Hall–Kier alpha value is -3.14. The van der Waals surface area contributed by atoms with E-state index >= 15 is 0 Å². The maximum absolute atomic E-state index is 12.6. The third kappa shape index (κ3) is 2.07. The van der Waals surface area contributed by atoms with Gasteiger partial charge in [-0.05, 0) is 45.3 Å². The fourth-order valence-electron chi connectivity index (χ4n) is 3.29. The predicted molar refractivity (Wildman–Crippen MR) is 94.7 cm³/mol. The van der Waals surface area contributed by atoms with Crippen molar-refractivity contribution < 1.29 is 14.7 Å². The zero-order valence-electron chi connectivity index (χ0n) is 13.0. The SMILES string of the molecule is C[C@H](NC(=O)c1cc2cccc3ccc4cccc1c4c32)C(=O)O. The monoisotopic (exact) mass is 317 g/mol. The minimum atomic E-state index is -1.06. The molecule has 0 heterocycles. The number of carboxylic acid groups (broad SMARTS) is 1. The molecule has 24 heavy (non-hydrogen) atoms. The van der Waals surface area contributed by atoms with Crippen molar-refractivity contribution in [3.05, 3.63) is 60.2 Å². The van der Waals surface area contributed by atoms with Crippen molar-refractivity contribution in [3.63, 3.8) is 0 Å². The molecule has 0 saturated carbocycles. The topological polar surface area (TPSA) is 66.4 Å². The molecule has 0 spiro atoms. The first-order valence-corrected chi connectivity index (χ1v) is 7.76. The fourth-order valence-corrected chi connectivity index (χ4v) is 3.29. The van der Waals surface area contributed by atoms with Gasteiger partial charge >= 0.3 is 5.97 Å². The van der Waals surface area contributed by atoms with Crippen molar-refractivity contribution >= 4 is 44.2 Å². The number of hydrogen-bond donors (Lipinski definition) is 2. The first kappa shape index (κ1) is 14.5. The lowest BCUT2D eigenvalue weighted by Crippen LogP contribution is -2.38. The summed E-state index contributed by atoms with van der Waals surface area (Å²) in [7, 11) is 0. The van der Waals surface area contributed by atoms with Crippen LogP contribution in [0.3, 0.4) is 0 Å². The highest BCUT2D eigenvalue weighted by molar-refractivity contribution is 6.27. The molecule has 0 fully saturated rings. The summed E-state index contributed by atoms with van der Waals surface area (Å²) in [4.78, 5) is 23.7. The lowest BCUT2D eigenvalue weighted by Gasteiger charge is -2.15. The number of benzene rings is 4. The molecule has 0 unspecified atom stereocenters. The number of hydrogen-bond acceptors (Lipinski definition) is 2. The summed E-state index contributed by atoms with van der Waals surface area (Å²) in [6.07, 6.45) is 0. The average Bonchev–Trinajstić information content (AvgIpc) is 2.59. The predicted octanol–water partition coefficient (Wildman–Crippen LogP) is 3.79. The zero-order valence-corrected chi connectivity index (χ0v) is 13.0. The number of carboxylic acids is 1. The molecule has 4 aromatic carbocycles. The molecule has 1 atom stereocenters. The van der Waals surface area contributed by atoms with Crippen molar-refractivity contribution in [2.24, 2.45) is 0 Å². The summed E-state index contributed by atoms with van der Waals surface area (Å²) in [5, 5.41) is 17.8. The lowest BCUT2D eigenvalue weighted by molar-refractivity contribution is -0.138. The summed E-state index contributed by atoms with van der Waals surface area (Å²) < 4.78 is 0. The Kier molecular flexibility index (Phi) is 3.13. The number of nitrogens with one attached hydrogen (secondary N) is 1. The Morgan fingerprint density at radius 2 is 1.54 bits per heavy atom. The highest BCUT2D eigenvalue weighted by Crippen LogP contribution is 2.36. The second-order valence-electron chi connectivity index (χ2n) is 6.01. The molecule has 4 rings (SSSR count). The second kappa shape index (κ2) is 5.20. The fraction of sp³-hybridized carbons (Fsp3) is 0.100. The van der Waals surface area contributed by atoms with Crippen molar-refractivity contribution in [1.29, 1.82) is 0 Å². The van der Waals surface area contributed by atoms with Crippen LogP contribution in [-0.2, 0) is 4.79 Å². The molecule has 0 aliphatic rings. The molecule has 0 bridgehead atoms. The van der Waals surface area contributed by atoms with Crippen LogP contribution in [0.5, 0.6) is 0 Å². The van der Waals surface area contributed by atoms with Gasteiger partial charge < -0.3 is 10.4 Å². The highest BCUT2D eigenvalue weighted by atomic mass is 16.4. The lowest BCUT2D eigenvalue weighted by atomic mass is 9.91. The van der Waals surface area contributed by atoms with E-state index in [1.165, 1.54) is 6.92 Å². The minimum Gasteiger partial charge on any atom is -0.480 e. The van der Waals surface area contributed by atoms with Crippen LogP contribution in [0, 0.1) is 0 Å². The van der Waals surface area contributed by atoms with E-state index in [1.807, 2.05) is 42.5 Å².